The van der Waals surface area contributed by atoms with E-state index in [1.807, 2.05) is 24.3 Å². The molecule has 0 saturated heterocycles. The van der Waals surface area contributed by atoms with Crippen molar-refractivity contribution in [2.45, 2.75) is 0 Å². The topological polar surface area (TPSA) is 126 Å². The normalized spacial score (nSPS) is 10.7. The zero-order chi connectivity index (χ0) is 30.2. The molecule has 0 aliphatic carbocycles. The largest absolute Gasteiger partial charge is 0.422 e. The number of carbonyl (C=O) groups is 4. The number of benzene rings is 5. The van der Waals surface area contributed by atoms with Gasteiger partial charge in [0, 0.05) is 15.7 Å². The molecule has 0 heterocycles. The van der Waals surface area contributed by atoms with Crippen LogP contribution in [0.25, 0.3) is 10.8 Å². The Bertz CT molecular complexity index is 1860. The van der Waals surface area contributed by atoms with E-state index in [9.17, 15) is 19.2 Å². The summed E-state index contributed by atoms with van der Waals surface area (Å²) in [5.74, 6) is -2.90. The monoisotopic (exact) mass is 634 g/mol. The maximum absolute atomic E-state index is 12.9. The highest BCUT2D eigenvalue weighted by Crippen LogP contribution is 2.27. The van der Waals surface area contributed by atoms with E-state index in [1.54, 1.807) is 78.9 Å². The Balaban J connectivity index is 1.29. The van der Waals surface area contributed by atoms with Crippen LogP contribution in [0.4, 0.5) is 11.4 Å². The molecule has 0 aliphatic rings. The molecule has 5 aromatic carbocycles. The lowest BCUT2D eigenvalue weighted by Crippen LogP contribution is -2.33. The molecule has 212 valence electrons. The summed E-state index contributed by atoms with van der Waals surface area (Å²) in [6.45, 7) is 0. The number of nitrogens with zero attached hydrogens (tertiary/aromatic N) is 1. The van der Waals surface area contributed by atoms with Gasteiger partial charge in [0.25, 0.3) is 5.91 Å². The van der Waals surface area contributed by atoms with Gasteiger partial charge in [-0.15, -0.1) is 0 Å². The SMILES string of the molecule is O=C(NN=Cc1c(OC(=O)c2ccccc2)ccc2ccccc12)C(=O)Nc1ccccc1C(=O)Nc1ccc(Br)cc1. The van der Waals surface area contributed by atoms with Crippen LogP contribution in [-0.4, -0.2) is 29.9 Å². The lowest BCUT2D eigenvalue weighted by molar-refractivity contribution is -0.136. The molecule has 0 unspecified atom stereocenters. The van der Waals surface area contributed by atoms with E-state index in [-0.39, 0.29) is 17.0 Å². The summed E-state index contributed by atoms with van der Waals surface area (Å²) in [5, 5.41) is 10.7. The number of ether oxygens (including phenoxy) is 1. The molecule has 3 N–H and O–H groups in total. The van der Waals surface area contributed by atoms with Crippen molar-refractivity contribution >= 4 is 68.0 Å². The Morgan fingerprint density at radius 2 is 1.40 bits per heavy atom. The lowest BCUT2D eigenvalue weighted by atomic mass is 10.0. The second kappa shape index (κ2) is 13.4. The minimum atomic E-state index is -1.07. The molecule has 3 amide bonds. The molecule has 0 saturated carbocycles. The van der Waals surface area contributed by atoms with E-state index in [2.05, 4.69) is 37.1 Å². The van der Waals surface area contributed by atoms with Gasteiger partial charge in [0.1, 0.15) is 5.75 Å². The van der Waals surface area contributed by atoms with E-state index in [4.69, 9.17) is 4.74 Å². The Labute approximate surface area is 254 Å². The van der Waals surface area contributed by atoms with Gasteiger partial charge in [0.05, 0.1) is 23.0 Å². The maximum atomic E-state index is 12.9. The molecule has 9 nitrogen and oxygen atoms in total. The smallest absolute Gasteiger partial charge is 0.343 e. The maximum Gasteiger partial charge on any atom is 0.343 e. The average Bonchev–Trinajstić information content (AvgIpc) is 3.03. The number of rotatable bonds is 7. The average molecular weight is 635 g/mol. The fraction of sp³-hybridized carbons (Fsp3) is 0. The van der Waals surface area contributed by atoms with Crippen molar-refractivity contribution in [3.05, 3.63) is 136 Å². The molecule has 0 aromatic heterocycles. The first-order valence-corrected chi connectivity index (χ1v) is 13.8. The van der Waals surface area contributed by atoms with Gasteiger partial charge < -0.3 is 15.4 Å². The van der Waals surface area contributed by atoms with Crippen molar-refractivity contribution in [2.24, 2.45) is 5.10 Å². The minimum absolute atomic E-state index is 0.144. The number of hydrogen-bond acceptors (Lipinski definition) is 6. The van der Waals surface area contributed by atoms with Gasteiger partial charge in [0.2, 0.25) is 0 Å². The van der Waals surface area contributed by atoms with Crippen molar-refractivity contribution in [2.75, 3.05) is 10.6 Å². The zero-order valence-electron chi connectivity index (χ0n) is 22.4. The molecule has 0 radical (unpaired) electrons. The molecule has 5 aromatic rings. The molecule has 0 atom stereocenters. The highest BCUT2D eigenvalue weighted by atomic mass is 79.9. The number of carbonyl (C=O) groups excluding carboxylic acids is 4. The van der Waals surface area contributed by atoms with E-state index >= 15 is 0 Å². The second-order valence-corrected chi connectivity index (χ2v) is 10.0. The van der Waals surface area contributed by atoms with Crippen molar-refractivity contribution in [1.29, 1.82) is 0 Å². The van der Waals surface area contributed by atoms with Crippen LogP contribution < -0.4 is 20.8 Å². The standard InChI is InChI=1S/C33H23BrN4O5/c34-23-15-17-24(18-16-23)36-30(39)26-12-6-7-13-28(26)37-31(40)32(41)38-35-20-27-25-11-5-4-8-21(25)14-19-29(27)43-33(42)22-9-2-1-3-10-22/h1-20H,(H,36,39)(H,37,40)(H,38,41). The highest BCUT2D eigenvalue weighted by Gasteiger charge is 2.18. The van der Waals surface area contributed by atoms with Crippen LogP contribution in [0.3, 0.4) is 0 Å². The van der Waals surface area contributed by atoms with Gasteiger partial charge in [-0.25, -0.2) is 10.2 Å². The number of esters is 1. The van der Waals surface area contributed by atoms with Crippen LogP contribution in [0.1, 0.15) is 26.3 Å². The third-order valence-corrected chi connectivity index (χ3v) is 6.76. The number of fused-ring (bicyclic) bond motifs is 1. The molecule has 0 bridgehead atoms. The molecule has 0 spiro atoms. The summed E-state index contributed by atoms with van der Waals surface area (Å²) in [4.78, 5) is 50.9. The second-order valence-electron chi connectivity index (χ2n) is 9.11. The van der Waals surface area contributed by atoms with E-state index in [1.165, 1.54) is 18.3 Å². The number of hydrazone groups is 1. The third-order valence-electron chi connectivity index (χ3n) is 6.23. The van der Waals surface area contributed by atoms with Crippen molar-refractivity contribution < 1.29 is 23.9 Å². The summed E-state index contributed by atoms with van der Waals surface area (Å²) in [7, 11) is 0. The third kappa shape index (κ3) is 7.19. The van der Waals surface area contributed by atoms with Crippen LogP contribution >= 0.6 is 15.9 Å². The first-order valence-electron chi connectivity index (χ1n) is 13.0. The van der Waals surface area contributed by atoms with Crippen LogP contribution in [0.2, 0.25) is 0 Å². The Hall–Kier alpha value is -5.61. The molecule has 10 heteroatoms. The Morgan fingerprint density at radius 3 is 2.19 bits per heavy atom. The van der Waals surface area contributed by atoms with Crippen LogP contribution in [0.15, 0.2) is 125 Å². The highest BCUT2D eigenvalue weighted by molar-refractivity contribution is 9.10. The first-order chi connectivity index (χ1) is 20.9. The van der Waals surface area contributed by atoms with Crippen LogP contribution in [-0.2, 0) is 9.59 Å². The number of halogens is 1. The molecule has 43 heavy (non-hydrogen) atoms. The van der Waals surface area contributed by atoms with Crippen LogP contribution in [0, 0.1) is 0 Å². The molecule has 0 fully saturated rings. The van der Waals surface area contributed by atoms with E-state index < -0.39 is 23.7 Å². The summed E-state index contributed by atoms with van der Waals surface area (Å²) < 4.78 is 6.50. The van der Waals surface area contributed by atoms with Gasteiger partial charge in [-0.05, 0) is 65.4 Å². The molecule has 0 aliphatic heterocycles. The summed E-state index contributed by atoms with van der Waals surface area (Å²) in [6, 6.07) is 32.7. The molecular formula is C33H23BrN4O5. The van der Waals surface area contributed by atoms with Crippen LogP contribution in [0.5, 0.6) is 5.75 Å². The number of nitrogens with one attached hydrogen (secondary N) is 3. The van der Waals surface area contributed by atoms with Gasteiger partial charge >= 0.3 is 17.8 Å². The predicted molar refractivity (Wildman–Crippen MR) is 168 cm³/mol. The van der Waals surface area contributed by atoms with Gasteiger partial charge in [-0.3, -0.25) is 14.4 Å². The van der Waals surface area contributed by atoms with Crippen molar-refractivity contribution in [3.8, 4) is 5.75 Å². The number of anilines is 2. The summed E-state index contributed by atoms with van der Waals surface area (Å²) >= 11 is 3.34. The van der Waals surface area contributed by atoms with Crippen molar-refractivity contribution in [1.82, 2.24) is 5.43 Å². The number of para-hydroxylation sites is 1. The van der Waals surface area contributed by atoms with Gasteiger partial charge in [-0.1, -0.05) is 76.6 Å². The lowest BCUT2D eigenvalue weighted by Gasteiger charge is -2.11. The summed E-state index contributed by atoms with van der Waals surface area (Å²) in [5.41, 5.74) is 3.86. The summed E-state index contributed by atoms with van der Waals surface area (Å²) in [6.07, 6.45) is 1.31. The first kappa shape index (κ1) is 28.9. The predicted octanol–water partition coefficient (Wildman–Crippen LogP) is 6.16. The van der Waals surface area contributed by atoms with Gasteiger partial charge in [-0.2, -0.15) is 5.10 Å². The number of hydrogen-bond donors (Lipinski definition) is 3. The van der Waals surface area contributed by atoms with E-state index in [0.29, 0.717) is 22.2 Å². The fourth-order valence-electron chi connectivity index (χ4n) is 4.14. The van der Waals surface area contributed by atoms with E-state index in [0.717, 1.165) is 9.86 Å². The van der Waals surface area contributed by atoms with Crippen molar-refractivity contribution in [3.63, 3.8) is 0 Å². The fourth-order valence-corrected chi connectivity index (χ4v) is 4.40. The Kier molecular flexibility index (Phi) is 8.99. The number of amides is 3. The minimum Gasteiger partial charge on any atom is -0.422 e. The Morgan fingerprint density at radius 1 is 0.698 bits per heavy atom. The zero-order valence-corrected chi connectivity index (χ0v) is 24.0. The molecular weight excluding hydrogens is 612 g/mol. The van der Waals surface area contributed by atoms with Gasteiger partial charge in [0.15, 0.2) is 0 Å². The molecule has 5 rings (SSSR count). The quantitative estimate of drug-likeness (QED) is 0.0649.